The van der Waals surface area contributed by atoms with Crippen molar-refractivity contribution in [2.24, 2.45) is 0 Å². The zero-order chi connectivity index (χ0) is 17.8. The number of unbranched alkanes of at least 4 members (excludes halogenated alkanes) is 6. The molecule has 0 aliphatic rings. The molecular formula is C20H36O3Si. The minimum Gasteiger partial charge on any atom is -0.520 e. The second-order valence-electron chi connectivity index (χ2n) is 7.11. The first-order valence-electron chi connectivity index (χ1n) is 9.52. The van der Waals surface area contributed by atoms with E-state index in [-0.39, 0.29) is 6.10 Å². The first-order chi connectivity index (χ1) is 11.4. The molecule has 0 saturated heterocycles. The van der Waals surface area contributed by atoms with Crippen molar-refractivity contribution in [1.29, 1.82) is 0 Å². The van der Waals surface area contributed by atoms with Gasteiger partial charge in [-0.3, -0.25) is 0 Å². The molecule has 0 aliphatic carbocycles. The molecule has 0 bridgehead atoms. The molecule has 0 spiro atoms. The van der Waals surface area contributed by atoms with Crippen LogP contribution < -0.4 is 9.16 Å². The van der Waals surface area contributed by atoms with Gasteiger partial charge in [-0.15, -0.1) is 0 Å². The van der Waals surface area contributed by atoms with Gasteiger partial charge in [0, 0.05) is 6.61 Å². The number of ether oxygens (including phenoxy) is 1. The van der Waals surface area contributed by atoms with Crippen LogP contribution in [0.15, 0.2) is 24.3 Å². The average Bonchev–Trinajstić information content (AvgIpc) is 2.51. The summed E-state index contributed by atoms with van der Waals surface area (Å²) >= 11 is 0. The van der Waals surface area contributed by atoms with Gasteiger partial charge in [0.1, 0.15) is 11.5 Å². The van der Waals surface area contributed by atoms with Gasteiger partial charge < -0.3 is 13.6 Å². The van der Waals surface area contributed by atoms with Crippen molar-refractivity contribution in [3.63, 3.8) is 0 Å². The molecule has 4 heteroatoms. The molecular weight excluding hydrogens is 316 g/mol. The second-order valence-corrected chi connectivity index (χ2v) is 10.4. The fourth-order valence-corrected chi connectivity index (χ4v) is 3.95. The minimum atomic E-state index is -2.12. The van der Waals surface area contributed by atoms with Gasteiger partial charge in [-0.05, 0) is 57.6 Å². The standard InChI is InChI=1S/C20H36O3Si/c1-6-7-8-9-10-11-12-17-21-24(4,5)23-20-15-13-19(14-16-20)22-18(2)3/h13-16,18H,6-12,17H2,1-5H3. The average molecular weight is 353 g/mol. The molecule has 0 N–H and O–H groups in total. The lowest BCUT2D eigenvalue weighted by molar-refractivity contribution is 0.237. The van der Waals surface area contributed by atoms with Crippen molar-refractivity contribution < 1.29 is 13.6 Å². The predicted molar refractivity (Wildman–Crippen MR) is 104 cm³/mol. The Balaban J connectivity index is 2.23. The largest absolute Gasteiger partial charge is 0.520 e. The van der Waals surface area contributed by atoms with E-state index in [9.17, 15) is 0 Å². The van der Waals surface area contributed by atoms with Crippen molar-refractivity contribution >= 4 is 8.56 Å². The summed E-state index contributed by atoms with van der Waals surface area (Å²) in [5, 5.41) is 0. The van der Waals surface area contributed by atoms with Crippen LogP contribution in [-0.4, -0.2) is 21.3 Å². The summed E-state index contributed by atoms with van der Waals surface area (Å²) in [7, 11) is -2.12. The number of hydrogen-bond acceptors (Lipinski definition) is 3. The zero-order valence-electron chi connectivity index (χ0n) is 16.3. The van der Waals surface area contributed by atoms with Gasteiger partial charge in [0.15, 0.2) is 0 Å². The maximum absolute atomic E-state index is 6.08. The Hall–Kier alpha value is -1.00. The SMILES string of the molecule is CCCCCCCCCO[Si](C)(C)Oc1ccc(OC(C)C)cc1. The van der Waals surface area contributed by atoms with Gasteiger partial charge in [0.25, 0.3) is 0 Å². The molecule has 0 radical (unpaired) electrons. The Kier molecular flexibility index (Phi) is 10.1. The van der Waals surface area contributed by atoms with E-state index in [1.54, 1.807) is 0 Å². The van der Waals surface area contributed by atoms with Crippen LogP contribution in [0, 0.1) is 0 Å². The fourth-order valence-electron chi connectivity index (χ4n) is 2.55. The van der Waals surface area contributed by atoms with Crippen molar-refractivity contribution in [1.82, 2.24) is 0 Å². The molecule has 1 aromatic rings. The monoisotopic (exact) mass is 352 g/mol. The van der Waals surface area contributed by atoms with Gasteiger partial charge in [0.05, 0.1) is 6.10 Å². The van der Waals surface area contributed by atoms with Crippen molar-refractivity contribution in [3.05, 3.63) is 24.3 Å². The van der Waals surface area contributed by atoms with E-state index in [4.69, 9.17) is 13.6 Å². The van der Waals surface area contributed by atoms with Crippen LogP contribution in [0.4, 0.5) is 0 Å². The number of hydrogen-bond donors (Lipinski definition) is 0. The molecule has 0 saturated carbocycles. The maximum Gasteiger partial charge on any atom is 0.392 e. The highest BCUT2D eigenvalue weighted by molar-refractivity contribution is 6.65. The smallest absolute Gasteiger partial charge is 0.392 e. The highest BCUT2D eigenvalue weighted by Crippen LogP contribution is 2.22. The summed E-state index contributed by atoms with van der Waals surface area (Å²) in [5.41, 5.74) is 0. The zero-order valence-corrected chi connectivity index (χ0v) is 17.3. The molecule has 0 heterocycles. The first kappa shape index (κ1) is 21.0. The van der Waals surface area contributed by atoms with E-state index in [1.807, 2.05) is 38.1 Å². The quantitative estimate of drug-likeness (QED) is 0.307. The third-order valence-electron chi connectivity index (χ3n) is 3.76. The number of rotatable bonds is 13. The summed E-state index contributed by atoms with van der Waals surface area (Å²) in [6.45, 7) is 11.3. The molecule has 3 nitrogen and oxygen atoms in total. The van der Waals surface area contributed by atoms with E-state index in [0.29, 0.717) is 0 Å². The summed E-state index contributed by atoms with van der Waals surface area (Å²) < 4.78 is 17.8. The fraction of sp³-hybridized carbons (Fsp3) is 0.700. The Bertz CT molecular complexity index is 429. The van der Waals surface area contributed by atoms with Crippen LogP contribution in [-0.2, 0) is 4.43 Å². The predicted octanol–water partition coefficient (Wildman–Crippen LogP) is 6.32. The van der Waals surface area contributed by atoms with E-state index < -0.39 is 8.56 Å². The van der Waals surface area contributed by atoms with Crippen molar-refractivity contribution in [3.8, 4) is 11.5 Å². The molecule has 0 fully saturated rings. The summed E-state index contributed by atoms with van der Waals surface area (Å²) in [6.07, 6.45) is 9.31. The van der Waals surface area contributed by atoms with Crippen molar-refractivity contribution in [2.45, 2.75) is 84.9 Å². The lowest BCUT2D eigenvalue weighted by Gasteiger charge is -2.24. The van der Waals surface area contributed by atoms with Gasteiger partial charge in [0.2, 0.25) is 0 Å². The molecule has 0 aromatic heterocycles. The maximum atomic E-state index is 6.08. The summed E-state index contributed by atoms with van der Waals surface area (Å²) in [4.78, 5) is 0. The van der Waals surface area contributed by atoms with Crippen LogP contribution >= 0.6 is 0 Å². The normalized spacial score (nSPS) is 11.8. The van der Waals surface area contributed by atoms with E-state index in [2.05, 4.69) is 20.0 Å². The molecule has 0 atom stereocenters. The van der Waals surface area contributed by atoms with Crippen LogP contribution in [0.5, 0.6) is 11.5 Å². The van der Waals surface area contributed by atoms with Gasteiger partial charge in [-0.25, -0.2) is 0 Å². The molecule has 0 aliphatic heterocycles. The molecule has 1 rings (SSSR count). The third-order valence-corrected chi connectivity index (χ3v) is 5.38. The van der Waals surface area contributed by atoms with Gasteiger partial charge >= 0.3 is 8.56 Å². The highest BCUT2D eigenvalue weighted by atomic mass is 28.4. The van der Waals surface area contributed by atoms with Gasteiger partial charge in [-0.2, -0.15) is 0 Å². The van der Waals surface area contributed by atoms with Crippen LogP contribution in [0.3, 0.4) is 0 Å². The molecule has 0 amide bonds. The van der Waals surface area contributed by atoms with Crippen LogP contribution in [0.2, 0.25) is 13.1 Å². The third kappa shape index (κ3) is 9.99. The highest BCUT2D eigenvalue weighted by Gasteiger charge is 2.26. The number of benzene rings is 1. The van der Waals surface area contributed by atoms with E-state index in [0.717, 1.165) is 24.5 Å². The topological polar surface area (TPSA) is 27.7 Å². The second kappa shape index (κ2) is 11.5. The molecule has 1 aromatic carbocycles. The van der Waals surface area contributed by atoms with Crippen LogP contribution in [0.25, 0.3) is 0 Å². The first-order valence-corrected chi connectivity index (χ1v) is 12.3. The molecule has 24 heavy (non-hydrogen) atoms. The van der Waals surface area contributed by atoms with Crippen LogP contribution in [0.1, 0.15) is 65.7 Å². The Morgan fingerprint density at radius 1 is 0.833 bits per heavy atom. The molecule has 138 valence electrons. The van der Waals surface area contributed by atoms with E-state index >= 15 is 0 Å². The Labute approximate surface area is 150 Å². The lowest BCUT2D eigenvalue weighted by atomic mass is 10.1. The summed E-state index contributed by atoms with van der Waals surface area (Å²) in [5.74, 6) is 1.74. The lowest BCUT2D eigenvalue weighted by Crippen LogP contribution is -2.38. The van der Waals surface area contributed by atoms with Gasteiger partial charge in [-0.1, -0.05) is 45.4 Å². The van der Waals surface area contributed by atoms with Crippen molar-refractivity contribution in [2.75, 3.05) is 6.61 Å². The Morgan fingerprint density at radius 2 is 1.38 bits per heavy atom. The minimum absolute atomic E-state index is 0.188. The molecule has 0 unspecified atom stereocenters. The Morgan fingerprint density at radius 3 is 1.96 bits per heavy atom. The van der Waals surface area contributed by atoms with E-state index in [1.165, 1.54) is 38.5 Å². The summed E-state index contributed by atoms with van der Waals surface area (Å²) in [6, 6.07) is 7.83.